The highest BCUT2D eigenvalue weighted by atomic mass is 35.5. The van der Waals surface area contributed by atoms with E-state index in [1.54, 1.807) is 6.07 Å². The SMILES string of the molecule is Cc1cc(C(CO)Nc2cccc(Cl)c2)cc(C)c1O. The van der Waals surface area contributed by atoms with E-state index in [-0.39, 0.29) is 12.6 Å². The minimum absolute atomic E-state index is 0.0455. The Morgan fingerprint density at radius 2 is 1.80 bits per heavy atom. The van der Waals surface area contributed by atoms with Crippen molar-refractivity contribution in [3.63, 3.8) is 0 Å². The van der Waals surface area contributed by atoms with Gasteiger partial charge in [0.1, 0.15) is 5.75 Å². The smallest absolute Gasteiger partial charge is 0.121 e. The van der Waals surface area contributed by atoms with Crippen molar-refractivity contribution < 1.29 is 10.2 Å². The summed E-state index contributed by atoms with van der Waals surface area (Å²) in [4.78, 5) is 0. The van der Waals surface area contributed by atoms with E-state index in [1.165, 1.54) is 0 Å². The highest BCUT2D eigenvalue weighted by molar-refractivity contribution is 6.30. The number of nitrogens with one attached hydrogen (secondary N) is 1. The highest BCUT2D eigenvalue weighted by Gasteiger charge is 2.13. The van der Waals surface area contributed by atoms with E-state index >= 15 is 0 Å². The summed E-state index contributed by atoms with van der Waals surface area (Å²) in [5.41, 5.74) is 3.37. The molecule has 0 heterocycles. The molecule has 2 aromatic carbocycles. The second kappa shape index (κ2) is 6.16. The Kier molecular flexibility index (Phi) is 4.53. The van der Waals surface area contributed by atoms with Gasteiger partial charge < -0.3 is 15.5 Å². The molecular formula is C16H18ClNO2. The topological polar surface area (TPSA) is 52.5 Å². The Hall–Kier alpha value is -1.71. The molecule has 4 heteroatoms. The molecule has 0 aliphatic heterocycles. The van der Waals surface area contributed by atoms with Gasteiger partial charge in [-0.15, -0.1) is 0 Å². The molecule has 0 aromatic heterocycles. The van der Waals surface area contributed by atoms with Gasteiger partial charge >= 0.3 is 0 Å². The van der Waals surface area contributed by atoms with E-state index in [2.05, 4.69) is 5.32 Å². The lowest BCUT2D eigenvalue weighted by atomic mass is 10.0. The monoisotopic (exact) mass is 291 g/mol. The van der Waals surface area contributed by atoms with Gasteiger partial charge in [0.15, 0.2) is 0 Å². The van der Waals surface area contributed by atoms with Gasteiger partial charge in [-0.1, -0.05) is 29.8 Å². The van der Waals surface area contributed by atoms with Crippen LogP contribution >= 0.6 is 11.6 Å². The van der Waals surface area contributed by atoms with Crippen LogP contribution in [0.3, 0.4) is 0 Å². The van der Waals surface area contributed by atoms with E-state index < -0.39 is 0 Å². The van der Waals surface area contributed by atoms with E-state index in [9.17, 15) is 10.2 Å². The molecule has 0 bridgehead atoms. The Bertz CT molecular complexity index is 590. The van der Waals surface area contributed by atoms with Gasteiger partial charge in [0, 0.05) is 10.7 Å². The van der Waals surface area contributed by atoms with E-state index in [0.717, 1.165) is 22.4 Å². The number of halogens is 1. The van der Waals surface area contributed by atoms with Crippen molar-refractivity contribution in [3.05, 3.63) is 58.1 Å². The van der Waals surface area contributed by atoms with Crippen LogP contribution in [0.25, 0.3) is 0 Å². The zero-order chi connectivity index (χ0) is 14.7. The summed E-state index contributed by atoms with van der Waals surface area (Å²) >= 11 is 5.95. The lowest BCUT2D eigenvalue weighted by Gasteiger charge is -2.20. The molecule has 3 N–H and O–H groups in total. The second-order valence-corrected chi connectivity index (χ2v) is 5.33. The molecule has 3 nitrogen and oxygen atoms in total. The third-order valence-electron chi connectivity index (χ3n) is 3.26. The van der Waals surface area contributed by atoms with Crippen molar-refractivity contribution in [3.8, 4) is 5.75 Å². The third kappa shape index (κ3) is 3.24. The van der Waals surface area contributed by atoms with Gasteiger partial charge in [-0.2, -0.15) is 0 Å². The Morgan fingerprint density at radius 1 is 1.15 bits per heavy atom. The van der Waals surface area contributed by atoms with Crippen molar-refractivity contribution in [1.82, 2.24) is 0 Å². The zero-order valence-electron chi connectivity index (χ0n) is 11.5. The highest BCUT2D eigenvalue weighted by Crippen LogP contribution is 2.28. The maximum Gasteiger partial charge on any atom is 0.121 e. The Balaban J connectivity index is 2.29. The van der Waals surface area contributed by atoms with Gasteiger partial charge in [0.05, 0.1) is 12.6 Å². The molecular weight excluding hydrogens is 274 g/mol. The van der Waals surface area contributed by atoms with E-state index in [4.69, 9.17) is 11.6 Å². The number of benzene rings is 2. The second-order valence-electron chi connectivity index (χ2n) is 4.89. The average molecular weight is 292 g/mol. The normalized spacial score (nSPS) is 12.2. The summed E-state index contributed by atoms with van der Waals surface area (Å²) in [6, 6.07) is 10.9. The summed E-state index contributed by atoms with van der Waals surface area (Å²) < 4.78 is 0. The molecule has 0 amide bonds. The van der Waals surface area contributed by atoms with Gasteiger partial charge in [0.2, 0.25) is 0 Å². The lowest BCUT2D eigenvalue weighted by molar-refractivity contribution is 0.276. The van der Waals surface area contributed by atoms with Crippen LogP contribution in [0, 0.1) is 13.8 Å². The van der Waals surface area contributed by atoms with Crippen LogP contribution in [0.2, 0.25) is 5.02 Å². The maximum absolute atomic E-state index is 9.81. The molecule has 0 radical (unpaired) electrons. The van der Waals surface area contributed by atoms with Gasteiger partial charge in [-0.05, 0) is 48.7 Å². The van der Waals surface area contributed by atoms with Crippen molar-refractivity contribution in [2.75, 3.05) is 11.9 Å². The van der Waals surface area contributed by atoms with Crippen molar-refractivity contribution >= 4 is 17.3 Å². The molecule has 0 aliphatic carbocycles. The first kappa shape index (κ1) is 14.7. The summed E-state index contributed by atoms with van der Waals surface area (Å²) in [7, 11) is 0. The number of aliphatic hydroxyl groups excluding tert-OH is 1. The van der Waals surface area contributed by atoms with Gasteiger partial charge in [0.25, 0.3) is 0 Å². The van der Waals surface area contributed by atoms with Gasteiger partial charge in [-0.3, -0.25) is 0 Å². The molecule has 0 spiro atoms. The van der Waals surface area contributed by atoms with Crippen LogP contribution in [0.15, 0.2) is 36.4 Å². The van der Waals surface area contributed by atoms with Crippen LogP contribution in [0.1, 0.15) is 22.7 Å². The Labute approximate surface area is 123 Å². The van der Waals surface area contributed by atoms with Crippen molar-refractivity contribution in [2.24, 2.45) is 0 Å². The number of phenolic OH excluding ortho intramolecular Hbond substituents is 1. The summed E-state index contributed by atoms with van der Waals surface area (Å²) in [5, 5.41) is 23.3. The lowest BCUT2D eigenvalue weighted by Crippen LogP contribution is -2.15. The molecule has 1 atom stereocenters. The predicted molar refractivity (Wildman–Crippen MR) is 82.5 cm³/mol. The number of hydrogen-bond donors (Lipinski definition) is 3. The number of hydrogen-bond acceptors (Lipinski definition) is 3. The fourth-order valence-electron chi connectivity index (χ4n) is 2.20. The van der Waals surface area contributed by atoms with E-state index in [0.29, 0.717) is 10.8 Å². The van der Waals surface area contributed by atoms with Gasteiger partial charge in [-0.25, -0.2) is 0 Å². The van der Waals surface area contributed by atoms with Crippen LogP contribution in [-0.2, 0) is 0 Å². The fraction of sp³-hybridized carbons (Fsp3) is 0.250. The third-order valence-corrected chi connectivity index (χ3v) is 3.50. The van der Waals surface area contributed by atoms with Crippen LogP contribution in [0.4, 0.5) is 5.69 Å². The first-order valence-corrected chi connectivity index (χ1v) is 6.82. The quantitative estimate of drug-likeness (QED) is 0.803. The summed E-state index contributed by atoms with van der Waals surface area (Å²) in [6.45, 7) is 3.65. The average Bonchev–Trinajstić information content (AvgIpc) is 2.41. The molecule has 0 saturated heterocycles. The molecule has 2 rings (SSSR count). The number of phenols is 1. The molecule has 0 aliphatic rings. The number of aryl methyl sites for hydroxylation is 2. The van der Waals surface area contributed by atoms with Crippen LogP contribution in [0.5, 0.6) is 5.75 Å². The minimum Gasteiger partial charge on any atom is -0.507 e. The molecule has 0 fully saturated rings. The molecule has 2 aromatic rings. The predicted octanol–water partition coefficient (Wildman–Crippen LogP) is 3.81. The minimum atomic E-state index is -0.244. The maximum atomic E-state index is 9.81. The number of anilines is 1. The summed E-state index contributed by atoms with van der Waals surface area (Å²) in [6.07, 6.45) is 0. The summed E-state index contributed by atoms with van der Waals surface area (Å²) in [5.74, 6) is 0.299. The first-order valence-electron chi connectivity index (χ1n) is 6.44. The number of aromatic hydroxyl groups is 1. The zero-order valence-corrected chi connectivity index (χ0v) is 12.3. The molecule has 1 unspecified atom stereocenters. The molecule has 106 valence electrons. The molecule has 0 saturated carbocycles. The number of rotatable bonds is 4. The van der Waals surface area contributed by atoms with Crippen molar-refractivity contribution in [2.45, 2.75) is 19.9 Å². The van der Waals surface area contributed by atoms with Crippen LogP contribution < -0.4 is 5.32 Å². The largest absolute Gasteiger partial charge is 0.507 e. The van der Waals surface area contributed by atoms with Crippen LogP contribution in [-0.4, -0.2) is 16.8 Å². The number of aliphatic hydroxyl groups is 1. The standard InChI is InChI=1S/C16H18ClNO2/c1-10-6-12(7-11(2)16(10)20)15(9-19)18-14-5-3-4-13(17)8-14/h3-8,15,18-20H,9H2,1-2H3. The fourth-order valence-corrected chi connectivity index (χ4v) is 2.39. The Morgan fingerprint density at radius 3 is 2.35 bits per heavy atom. The molecule has 20 heavy (non-hydrogen) atoms. The van der Waals surface area contributed by atoms with Crippen molar-refractivity contribution in [1.29, 1.82) is 0 Å². The van der Waals surface area contributed by atoms with E-state index in [1.807, 2.05) is 44.2 Å². The first-order chi connectivity index (χ1) is 9.51.